The fourth-order valence-electron chi connectivity index (χ4n) is 1.94. The molecule has 0 spiro atoms. The second-order valence-electron chi connectivity index (χ2n) is 4.22. The zero-order valence-electron chi connectivity index (χ0n) is 9.87. The minimum atomic E-state index is -0.629. The molecule has 6 heteroatoms. The quantitative estimate of drug-likeness (QED) is 0.863. The lowest BCUT2D eigenvalue weighted by Crippen LogP contribution is -2.37. The summed E-state index contributed by atoms with van der Waals surface area (Å²) in [6, 6.07) is 4.03. The van der Waals surface area contributed by atoms with Crippen LogP contribution in [0, 0.1) is 0 Å². The first-order chi connectivity index (χ1) is 8.81. The summed E-state index contributed by atoms with van der Waals surface area (Å²) in [5, 5.41) is 2.03. The Morgan fingerprint density at radius 3 is 3.00 bits per heavy atom. The second kappa shape index (κ2) is 5.34. The lowest BCUT2D eigenvalue weighted by Gasteiger charge is -2.24. The second-order valence-corrected chi connectivity index (χ2v) is 6.86. The standard InChI is InChI=1S/C12H14N2O2S2/c15-18-6-3-14(4-7-18)9-12-13-8-10(16-12)11-2-1-5-17-11/h1-2,5,8H,3-4,6-7,9H2. The molecule has 18 heavy (non-hydrogen) atoms. The van der Waals surface area contributed by atoms with Crippen molar-refractivity contribution >= 4 is 22.1 Å². The van der Waals surface area contributed by atoms with Crippen LogP contribution in [0.2, 0.25) is 0 Å². The minimum Gasteiger partial charge on any atom is -0.438 e. The molecule has 0 radical (unpaired) electrons. The van der Waals surface area contributed by atoms with E-state index in [1.165, 1.54) is 0 Å². The van der Waals surface area contributed by atoms with E-state index in [2.05, 4.69) is 9.88 Å². The molecule has 0 atom stereocenters. The average molecular weight is 282 g/mol. The van der Waals surface area contributed by atoms with Crippen LogP contribution in [0.4, 0.5) is 0 Å². The van der Waals surface area contributed by atoms with Crippen molar-refractivity contribution in [1.29, 1.82) is 0 Å². The highest BCUT2D eigenvalue weighted by molar-refractivity contribution is 7.85. The predicted molar refractivity (Wildman–Crippen MR) is 73.0 cm³/mol. The first-order valence-electron chi connectivity index (χ1n) is 5.87. The molecular formula is C12H14N2O2S2. The molecule has 1 aliphatic heterocycles. The number of oxazole rings is 1. The summed E-state index contributed by atoms with van der Waals surface area (Å²) in [4.78, 5) is 7.65. The third-order valence-corrected chi connectivity index (χ3v) is 5.11. The van der Waals surface area contributed by atoms with Crippen molar-refractivity contribution in [2.75, 3.05) is 24.6 Å². The minimum absolute atomic E-state index is 0.629. The maximum absolute atomic E-state index is 11.3. The first-order valence-corrected chi connectivity index (χ1v) is 8.24. The van der Waals surface area contributed by atoms with Crippen LogP contribution in [-0.4, -0.2) is 38.7 Å². The van der Waals surface area contributed by atoms with Crippen LogP contribution in [0.1, 0.15) is 5.89 Å². The van der Waals surface area contributed by atoms with Gasteiger partial charge in [0.05, 0.1) is 17.6 Å². The molecule has 3 rings (SSSR count). The van der Waals surface area contributed by atoms with Crippen molar-refractivity contribution in [2.45, 2.75) is 6.54 Å². The Hall–Kier alpha value is -0.980. The molecule has 3 heterocycles. The Morgan fingerprint density at radius 1 is 1.44 bits per heavy atom. The monoisotopic (exact) mass is 282 g/mol. The summed E-state index contributed by atoms with van der Waals surface area (Å²) in [5.74, 6) is 3.10. The van der Waals surface area contributed by atoms with Gasteiger partial charge in [-0.05, 0) is 11.4 Å². The smallest absolute Gasteiger partial charge is 0.209 e. The first kappa shape index (κ1) is 12.1. The number of hydrogen-bond acceptors (Lipinski definition) is 5. The van der Waals surface area contributed by atoms with Gasteiger partial charge >= 0.3 is 0 Å². The molecule has 1 saturated heterocycles. The lowest BCUT2D eigenvalue weighted by molar-refractivity contribution is 0.261. The normalized spacial score (nSPS) is 18.2. The highest BCUT2D eigenvalue weighted by Gasteiger charge is 2.17. The van der Waals surface area contributed by atoms with Crippen LogP contribution in [0.5, 0.6) is 0 Å². The summed E-state index contributed by atoms with van der Waals surface area (Å²) in [6.45, 7) is 2.44. The highest BCUT2D eigenvalue weighted by atomic mass is 32.2. The Balaban J connectivity index is 1.65. The molecule has 0 N–H and O–H groups in total. The molecule has 0 aliphatic carbocycles. The van der Waals surface area contributed by atoms with Crippen molar-refractivity contribution in [2.24, 2.45) is 0 Å². The SMILES string of the molecule is O=S1CCN(Cc2ncc(-c3cccs3)o2)CC1. The molecular weight excluding hydrogens is 268 g/mol. The zero-order valence-corrected chi connectivity index (χ0v) is 11.5. The van der Waals surface area contributed by atoms with Crippen molar-refractivity contribution in [1.82, 2.24) is 9.88 Å². The Bertz CT molecular complexity index is 526. The van der Waals surface area contributed by atoms with Gasteiger partial charge in [0, 0.05) is 35.4 Å². The number of hydrogen-bond donors (Lipinski definition) is 0. The highest BCUT2D eigenvalue weighted by Crippen LogP contribution is 2.25. The van der Waals surface area contributed by atoms with Crippen molar-refractivity contribution in [3.63, 3.8) is 0 Å². The van der Waals surface area contributed by atoms with Gasteiger partial charge in [-0.3, -0.25) is 9.11 Å². The van der Waals surface area contributed by atoms with Gasteiger partial charge in [-0.15, -0.1) is 11.3 Å². The van der Waals surface area contributed by atoms with E-state index >= 15 is 0 Å². The molecule has 1 fully saturated rings. The predicted octanol–water partition coefficient (Wildman–Crippen LogP) is 1.97. The van der Waals surface area contributed by atoms with Crippen LogP contribution in [0.25, 0.3) is 10.6 Å². The van der Waals surface area contributed by atoms with Crippen molar-refractivity contribution in [3.8, 4) is 10.6 Å². The molecule has 0 saturated carbocycles. The van der Waals surface area contributed by atoms with Crippen LogP contribution in [0.15, 0.2) is 28.1 Å². The Morgan fingerprint density at radius 2 is 2.28 bits per heavy atom. The van der Waals surface area contributed by atoms with E-state index in [1.54, 1.807) is 17.5 Å². The van der Waals surface area contributed by atoms with E-state index in [0.29, 0.717) is 6.54 Å². The van der Waals surface area contributed by atoms with E-state index < -0.39 is 10.8 Å². The van der Waals surface area contributed by atoms with Crippen molar-refractivity contribution < 1.29 is 8.63 Å². The van der Waals surface area contributed by atoms with Gasteiger partial charge in [-0.1, -0.05) is 6.07 Å². The topological polar surface area (TPSA) is 46.3 Å². The van der Waals surface area contributed by atoms with E-state index in [4.69, 9.17) is 4.42 Å². The van der Waals surface area contributed by atoms with Gasteiger partial charge in [0.15, 0.2) is 5.76 Å². The lowest BCUT2D eigenvalue weighted by atomic mass is 10.4. The van der Waals surface area contributed by atoms with Crippen LogP contribution >= 0.6 is 11.3 Å². The van der Waals surface area contributed by atoms with Gasteiger partial charge in [0.2, 0.25) is 5.89 Å². The maximum Gasteiger partial charge on any atom is 0.209 e. The Labute approximate surface area is 112 Å². The van der Waals surface area contributed by atoms with Crippen LogP contribution in [0.3, 0.4) is 0 Å². The van der Waals surface area contributed by atoms with Crippen LogP contribution in [-0.2, 0) is 17.3 Å². The van der Waals surface area contributed by atoms with Crippen LogP contribution < -0.4 is 0 Å². The zero-order chi connectivity index (χ0) is 12.4. The molecule has 1 aliphatic rings. The van der Waals surface area contributed by atoms with Gasteiger partial charge in [0.25, 0.3) is 0 Å². The van der Waals surface area contributed by atoms with Gasteiger partial charge in [-0.2, -0.15) is 0 Å². The fraction of sp³-hybridized carbons (Fsp3) is 0.417. The average Bonchev–Trinajstić information content (AvgIpc) is 3.02. The summed E-state index contributed by atoms with van der Waals surface area (Å²) in [5.41, 5.74) is 0. The van der Waals surface area contributed by atoms with Gasteiger partial charge < -0.3 is 4.42 Å². The summed E-state index contributed by atoms with van der Waals surface area (Å²) in [7, 11) is -0.629. The van der Waals surface area contributed by atoms with E-state index in [1.807, 2.05) is 17.5 Å². The maximum atomic E-state index is 11.3. The van der Waals surface area contributed by atoms with E-state index in [0.717, 1.165) is 41.1 Å². The van der Waals surface area contributed by atoms with Crippen molar-refractivity contribution in [3.05, 3.63) is 29.6 Å². The third kappa shape index (κ3) is 2.71. The molecule has 96 valence electrons. The fourth-order valence-corrected chi connectivity index (χ4v) is 3.74. The molecule has 4 nitrogen and oxygen atoms in total. The van der Waals surface area contributed by atoms with E-state index in [-0.39, 0.29) is 0 Å². The van der Waals surface area contributed by atoms with Gasteiger partial charge in [0.1, 0.15) is 0 Å². The van der Waals surface area contributed by atoms with Gasteiger partial charge in [-0.25, -0.2) is 4.98 Å². The largest absolute Gasteiger partial charge is 0.438 e. The molecule has 0 bridgehead atoms. The number of rotatable bonds is 3. The summed E-state index contributed by atoms with van der Waals surface area (Å²) in [6.07, 6.45) is 1.78. The molecule has 2 aromatic rings. The molecule has 0 amide bonds. The molecule has 2 aromatic heterocycles. The molecule has 0 aromatic carbocycles. The number of aromatic nitrogens is 1. The number of nitrogens with zero attached hydrogens (tertiary/aromatic N) is 2. The number of thiophene rings is 1. The third-order valence-electron chi connectivity index (χ3n) is 2.95. The summed E-state index contributed by atoms with van der Waals surface area (Å²) < 4.78 is 17.0. The molecule has 0 unspecified atom stereocenters. The Kier molecular flexibility index (Phi) is 3.58. The van der Waals surface area contributed by atoms with E-state index in [9.17, 15) is 4.21 Å². The summed E-state index contributed by atoms with van der Waals surface area (Å²) >= 11 is 1.65.